The van der Waals surface area contributed by atoms with Crippen LogP contribution in [0.25, 0.3) is 0 Å². The summed E-state index contributed by atoms with van der Waals surface area (Å²) in [6, 6.07) is 3.28. The van der Waals surface area contributed by atoms with Gasteiger partial charge in [-0.1, -0.05) is 12.2 Å². The van der Waals surface area contributed by atoms with Crippen LogP contribution in [0.3, 0.4) is 0 Å². The van der Waals surface area contributed by atoms with Crippen molar-refractivity contribution < 1.29 is 14.7 Å². The summed E-state index contributed by atoms with van der Waals surface area (Å²) < 4.78 is 0. The highest BCUT2D eigenvalue weighted by atomic mass is 16.4. The van der Waals surface area contributed by atoms with E-state index in [4.69, 9.17) is 5.11 Å². The second kappa shape index (κ2) is 6.13. The van der Waals surface area contributed by atoms with Crippen molar-refractivity contribution in [3.63, 3.8) is 0 Å². The molecule has 1 atom stereocenters. The number of amides is 1. The highest BCUT2D eigenvalue weighted by Gasteiger charge is 2.14. The summed E-state index contributed by atoms with van der Waals surface area (Å²) in [7, 11) is 0. The van der Waals surface area contributed by atoms with E-state index >= 15 is 0 Å². The van der Waals surface area contributed by atoms with E-state index in [1.165, 1.54) is 6.20 Å². The molecule has 0 saturated carbocycles. The van der Waals surface area contributed by atoms with Gasteiger partial charge >= 0.3 is 5.97 Å². The third-order valence-corrected chi connectivity index (χ3v) is 3.00. The number of hydrogen-bond acceptors (Lipinski definition) is 3. The van der Waals surface area contributed by atoms with Gasteiger partial charge in [0.05, 0.1) is 24.0 Å². The van der Waals surface area contributed by atoms with E-state index in [0.29, 0.717) is 23.7 Å². The monoisotopic (exact) mass is 260 g/mol. The number of hydrogen-bond donors (Lipinski definition) is 2. The summed E-state index contributed by atoms with van der Waals surface area (Å²) in [5.74, 6) is -0.624. The van der Waals surface area contributed by atoms with Crippen molar-refractivity contribution in [1.29, 1.82) is 0 Å². The van der Waals surface area contributed by atoms with Crippen LogP contribution in [-0.2, 0) is 16.0 Å². The predicted molar refractivity (Wildman–Crippen MR) is 70.7 cm³/mol. The van der Waals surface area contributed by atoms with E-state index in [9.17, 15) is 9.59 Å². The number of allylic oxidation sites excluding steroid dienone is 2. The zero-order valence-electron chi connectivity index (χ0n) is 10.5. The molecule has 19 heavy (non-hydrogen) atoms. The van der Waals surface area contributed by atoms with Gasteiger partial charge in [0.2, 0.25) is 5.91 Å². The van der Waals surface area contributed by atoms with Crippen molar-refractivity contribution >= 4 is 17.6 Å². The lowest BCUT2D eigenvalue weighted by molar-refractivity contribution is -0.136. The third-order valence-electron chi connectivity index (χ3n) is 3.00. The van der Waals surface area contributed by atoms with Crippen LogP contribution in [0.4, 0.5) is 5.69 Å². The van der Waals surface area contributed by atoms with Gasteiger partial charge in [0.1, 0.15) is 0 Å². The summed E-state index contributed by atoms with van der Waals surface area (Å²) in [5.41, 5.74) is 1.07. The first-order valence-corrected chi connectivity index (χ1v) is 6.27. The Kier molecular flexibility index (Phi) is 4.28. The van der Waals surface area contributed by atoms with Crippen LogP contribution in [-0.4, -0.2) is 22.0 Å². The molecule has 1 heterocycles. The first-order chi connectivity index (χ1) is 9.13. The van der Waals surface area contributed by atoms with Crippen LogP contribution >= 0.6 is 0 Å². The zero-order chi connectivity index (χ0) is 13.7. The fourth-order valence-corrected chi connectivity index (χ4v) is 2.07. The Hall–Kier alpha value is -2.17. The fourth-order valence-electron chi connectivity index (χ4n) is 2.07. The van der Waals surface area contributed by atoms with Gasteiger partial charge in [-0.05, 0) is 30.9 Å². The first-order valence-electron chi connectivity index (χ1n) is 6.27. The molecule has 2 N–H and O–H groups in total. The number of rotatable bonds is 5. The van der Waals surface area contributed by atoms with Crippen molar-refractivity contribution in [1.82, 2.24) is 4.98 Å². The smallest absolute Gasteiger partial charge is 0.309 e. The quantitative estimate of drug-likeness (QED) is 0.794. The maximum absolute atomic E-state index is 11.8. The molecular formula is C14H16N2O3. The van der Waals surface area contributed by atoms with Crippen LogP contribution < -0.4 is 5.32 Å². The average Bonchev–Trinajstić information content (AvgIpc) is 2.83. The van der Waals surface area contributed by atoms with Crippen LogP contribution in [0.1, 0.15) is 25.0 Å². The molecule has 1 aromatic rings. The Bertz CT molecular complexity index is 494. The fraction of sp³-hybridized carbons (Fsp3) is 0.357. The second-order valence-corrected chi connectivity index (χ2v) is 4.63. The maximum Gasteiger partial charge on any atom is 0.309 e. The molecule has 1 aromatic heterocycles. The Morgan fingerprint density at radius 1 is 1.42 bits per heavy atom. The molecule has 0 saturated heterocycles. The van der Waals surface area contributed by atoms with Gasteiger partial charge in [-0.3, -0.25) is 14.6 Å². The molecule has 1 unspecified atom stereocenters. The van der Waals surface area contributed by atoms with Gasteiger partial charge in [-0.15, -0.1) is 0 Å². The largest absolute Gasteiger partial charge is 0.481 e. The van der Waals surface area contributed by atoms with Crippen LogP contribution in [0, 0.1) is 5.92 Å². The molecule has 5 heteroatoms. The molecule has 1 aliphatic carbocycles. The number of aromatic nitrogens is 1. The average molecular weight is 260 g/mol. The number of nitrogens with one attached hydrogen (secondary N) is 1. The van der Waals surface area contributed by atoms with Gasteiger partial charge in [0.15, 0.2) is 0 Å². The SMILES string of the molecule is O=C(O)Cc1ccc(NC(=O)CC2C=CCC2)cn1. The lowest BCUT2D eigenvalue weighted by atomic mass is 10.1. The van der Waals surface area contributed by atoms with E-state index in [1.807, 2.05) is 0 Å². The predicted octanol–water partition coefficient (Wildman–Crippen LogP) is 2.00. The van der Waals surface area contributed by atoms with E-state index in [2.05, 4.69) is 22.5 Å². The lowest BCUT2D eigenvalue weighted by Gasteiger charge is -2.08. The summed E-state index contributed by atoms with van der Waals surface area (Å²) in [6.07, 6.45) is 8.11. The van der Waals surface area contributed by atoms with Crippen molar-refractivity contribution in [3.05, 3.63) is 36.2 Å². The number of anilines is 1. The topological polar surface area (TPSA) is 79.3 Å². The minimum Gasteiger partial charge on any atom is -0.481 e. The molecule has 1 aliphatic rings. The highest BCUT2D eigenvalue weighted by Crippen LogP contribution is 2.20. The molecule has 1 amide bonds. The molecule has 0 spiro atoms. The maximum atomic E-state index is 11.8. The van der Waals surface area contributed by atoms with Crippen molar-refractivity contribution in [2.75, 3.05) is 5.32 Å². The summed E-state index contributed by atoms with van der Waals surface area (Å²) in [5, 5.41) is 11.4. The Balaban J connectivity index is 1.86. The van der Waals surface area contributed by atoms with Gasteiger partial charge in [0, 0.05) is 6.42 Å². The number of carbonyl (C=O) groups is 2. The van der Waals surface area contributed by atoms with Crippen molar-refractivity contribution in [2.24, 2.45) is 5.92 Å². The minimum absolute atomic E-state index is 0.0377. The van der Waals surface area contributed by atoms with Crippen LogP contribution in [0.15, 0.2) is 30.5 Å². The zero-order valence-corrected chi connectivity index (χ0v) is 10.5. The number of carboxylic acid groups (broad SMARTS) is 1. The van der Waals surface area contributed by atoms with Crippen LogP contribution in [0.5, 0.6) is 0 Å². The van der Waals surface area contributed by atoms with E-state index < -0.39 is 5.97 Å². The molecule has 0 radical (unpaired) electrons. The van der Waals surface area contributed by atoms with E-state index in [1.54, 1.807) is 12.1 Å². The standard InChI is InChI=1S/C14H16N2O3/c17-13(7-10-3-1-2-4-10)16-12-6-5-11(15-9-12)8-14(18)19/h1,3,5-6,9-10H,2,4,7-8H2,(H,16,17)(H,18,19). The second-order valence-electron chi connectivity index (χ2n) is 4.63. The van der Waals surface area contributed by atoms with Crippen LogP contribution in [0.2, 0.25) is 0 Å². The van der Waals surface area contributed by atoms with Crippen molar-refractivity contribution in [3.8, 4) is 0 Å². The van der Waals surface area contributed by atoms with Crippen molar-refractivity contribution in [2.45, 2.75) is 25.7 Å². The molecule has 0 aliphatic heterocycles. The Morgan fingerprint density at radius 2 is 2.26 bits per heavy atom. The highest BCUT2D eigenvalue weighted by molar-refractivity contribution is 5.90. The first kappa shape index (κ1) is 13.3. The van der Waals surface area contributed by atoms with Gasteiger partial charge in [-0.2, -0.15) is 0 Å². The molecule has 5 nitrogen and oxygen atoms in total. The number of carboxylic acids is 1. The molecule has 2 rings (SSSR count). The number of carbonyl (C=O) groups excluding carboxylic acids is 1. The Morgan fingerprint density at radius 3 is 2.84 bits per heavy atom. The van der Waals surface area contributed by atoms with E-state index in [0.717, 1.165) is 12.8 Å². The molecule has 100 valence electrons. The summed E-state index contributed by atoms with van der Waals surface area (Å²) in [4.78, 5) is 26.3. The van der Waals surface area contributed by atoms with Gasteiger partial charge in [-0.25, -0.2) is 0 Å². The van der Waals surface area contributed by atoms with Gasteiger partial charge in [0.25, 0.3) is 0 Å². The molecular weight excluding hydrogens is 244 g/mol. The lowest BCUT2D eigenvalue weighted by Crippen LogP contribution is -2.15. The Labute approximate surface area is 111 Å². The molecule has 0 fully saturated rings. The number of pyridine rings is 1. The molecule has 0 bridgehead atoms. The van der Waals surface area contributed by atoms with Gasteiger partial charge < -0.3 is 10.4 Å². The molecule has 0 aromatic carbocycles. The summed E-state index contributed by atoms with van der Waals surface area (Å²) in [6.45, 7) is 0. The normalized spacial score (nSPS) is 17.4. The summed E-state index contributed by atoms with van der Waals surface area (Å²) >= 11 is 0. The number of nitrogens with zero attached hydrogens (tertiary/aromatic N) is 1. The number of aliphatic carboxylic acids is 1. The third kappa shape index (κ3) is 4.21. The minimum atomic E-state index is -0.919. The van der Waals surface area contributed by atoms with E-state index in [-0.39, 0.29) is 12.3 Å².